The van der Waals surface area contributed by atoms with Crippen LogP contribution in [0.1, 0.15) is 10.4 Å². The van der Waals surface area contributed by atoms with Gasteiger partial charge in [0.1, 0.15) is 0 Å². The minimum atomic E-state index is -0.271. The van der Waals surface area contributed by atoms with E-state index in [0.29, 0.717) is 10.6 Å². The normalized spacial score (nSPS) is 10.9. The van der Waals surface area contributed by atoms with E-state index < -0.39 is 0 Å². The molecule has 0 saturated carbocycles. The van der Waals surface area contributed by atoms with E-state index in [4.69, 9.17) is 0 Å². The predicted molar refractivity (Wildman–Crippen MR) is 81.9 cm³/mol. The number of thiophene rings is 1. The molecule has 0 saturated heterocycles. The molecule has 2 aromatic rings. The highest BCUT2D eigenvalue weighted by molar-refractivity contribution is 8.00. The number of carbonyl (C=O) groups excluding carboxylic acids is 1. The molecule has 0 bridgehead atoms. The van der Waals surface area contributed by atoms with Crippen LogP contribution >= 0.6 is 23.1 Å². The molecule has 0 aliphatic rings. The summed E-state index contributed by atoms with van der Waals surface area (Å²) in [5.41, 5.74) is 3.60. The Labute approximate surface area is 124 Å². The maximum atomic E-state index is 12.7. The first kappa shape index (κ1) is 14.7. The van der Waals surface area contributed by atoms with Crippen LogP contribution < -0.4 is 5.43 Å². The van der Waals surface area contributed by atoms with Crippen LogP contribution in [-0.2, 0) is 4.79 Å². The number of thioether (sulfide) groups is 1. The van der Waals surface area contributed by atoms with Crippen molar-refractivity contribution in [2.24, 2.45) is 5.10 Å². The molecule has 3 nitrogen and oxygen atoms in total. The topological polar surface area (TPSA) is 41.5 Å². The Bertz CT molecular complexity index is 608. The van der Waals surface area contributed by atoms with Crippen LogP contribution in [0, 0.1) is 12.1 Å². The summed E-state index contributed by atoms with van der Waals surface area (Å²) >= 11 is 2.42. The van der Waals surface area contributed by atoms with Gasteiger partial charge < -0.3 is 0 Å². The average Bonchev–Trinajstić information content (AvgIpc) is 2.84. The Kier molecular flexibility index (Phi) is 5.31. The quantitative estimate of drug-likeness (QED) is 0.522. The van der Waals surface area contributed by atoms with Crippen LogP contribution in [-0.4, -0.2) is 17.9 Å². The number of hydrazone groups is 1. The second-order valence-corrected chi connectivity index (χ2v) is 6.15. The molecule has 0 aliphatic carbocycles. The maximum Gasteiger partial charge on any atom is 0.250 e. The Morgan fingerprint density at radius 1 is 1.35 bits per heavy atom. The number of amides is 1. The largest absolute Gasteiger partial charge is 0.272 e. The van der Waals surface area contributed by atoms with E-state index in [2.05, 4.69) is 10.5 Å². The SMILES string of the molecule is Cc1ccc(SCC(=O)N/N=C\c2ccc(F)s2)cc1. The lowest BCUT2D eigenvalue weighted by Crippen LogP contribution is -2.19. The number of rotatable bonds is 5. The van der Waals surface area contributed by atoms with Crippen LogP contribution in [0.3, 0.4) is 0 Å². The highest BCUT2D eigenvalue weighted by atomic mass is 32.2. The number of benzene rings is 1. The van der Waals surface area contributed by atoms with E-state index in [9.17, 15) is 9.18 Å². The molecule has 0 spiro atoms. The first-order valence-corrected chi connectivity index (χ1v) is 7.70. The number of nitrogens with one attached hydrogen (secondary N) is 1. The van der Waals surface area contributed by atoms with Crippen molar-refractivity contribution in [1.82, 2.24) is 5.43 Å². The van der Waals surface area contributed by atoms with E-state index in [-0.39, 0.29) is 11.0 Å². The number of halogens is 1. The molecule has 0 aliphatic heterocycles. The first-order chi connectivity index (χ1) is 9.63. The van der Waals surface area contributed by atoms with Gasteiger partial charge >= 0.3 is 0 Å². The van der Waals surface area contributed by atoms with Gasteiger partial charge in [0.2, 0.25) is 5.91 Å². The van der Waals surface area contributed by atoms with E-state index in [1.54, 1.807) is 6.07 Å². The van der Waals surface area contributed by atoms with Gasteiger partial charge in [0.25, 0.3) is 0 Å². The summed E-state index contributed by atoms with van der Waals surface area (Å²) in [5.74, 6) is 0.1000. The minimum absolute atomic E-state index is 0.191. The molecule has 0 atom stereocenters. The first-order valence-electron chi connectivity index (χ1n) is 5.90. The molecule has 6 heteroatoms. The Morgan fingerprint density at radius 2 is 2.10 bits per heavy atom. The van der Waals surface area contributed by atoms with Crippen molar-refractivity contribution in [1.29, 1.82) is 0 Å². The fourth-order valence-electron chi connectivity index (χ4n) is 1.38. The third-order valence-corrected chi connectivity index (χ3v) is 4.19. The Balaban J connectivity index is 1.75. The van der Waals surface area contributed by atoms with Gasteiger partial charge in [-0.2, -0.15) is 9.49 Å². The molecular weight excluding hydrogens is 295 g/mol. The van der Waals surface area contributed by atoms with E-state index in [1.807, 2.05) is 31.2 Å². The van der Waals surface area contributed by atoms with Gasteiger partial charge in [0.15, 0.2) is 5.13 Å². The van der Waals surface area contributed by atoms with Crippen LogP contribution in [0.5, 0.6) is 0 Å². The van der Waals surface area contributed by atoms with Gasteiger partial charge in [-0.15, -0.1) is 23.1 Å². The Hall–Kier alpha value is -1.66. The zero-order valence-electron chi connectivity index (χ0n) is 10.8. The molecular formula is C14H13FN2OS2. The third-order valence-electron chi connectivity index (χ3n) is 2.37. The van der Waals surface area contributed by atoms with Gasteiger partial charge in [0.05, 0.1) is 16.8 Å². The fraction of sp³-hybridized carbons (Fsp3) is 0.143. The van der Waals surface area contributed by atoms with Gasteiger partial charge in [0, 0.05) is 4.90 Å². The summed E-state index contributed by atoms with van der Waals surface area (Å²) in [5, 5.41) is 3.52. The highest BCUT2D eigenvalue weighted by Gasteiger charge is 2.01. The van der Waals surface area contributed by atoms with Crippen LogP contribution in [0.25, 0.3) is 0 Å². The molecule has 2 rings (SSSR count). The van der Waals surface area contributed by atoms with E-state index in [0.717, 1.165) is 16.2 Å². The second-order valence-electron chi connectivity index (χ2n) is 4.04. The van der Waals surface area contributed by atoms with Crippen LogP contribution in [0.4, 0.5) is 4.39 Å². The van der Waals surface area contributed by atoms with Crippen LogP contribution in [0.2, 0.25) is 0 Å². The van der Waals surface area contributed by atoms with Crippen molar-refractivity contribution in [3.63, 3.8) is 0 Å². The zero-order valence-corrected chi connectivity index (χ0v) is 12.4. The molecule has 1 aromatic carbocycles. The summed E-state index contributed by atoms with van der Waals surface area (Å²) < 4.78 is 12.7. The number of aryl methyl sites for hydroxylation is 1. The lowest BCUT2D eigenvalue weighted by atomic mass is 10.2. The van der Waals surface area contributed by atoms with Gasteiger partial charge in [-0.05, 0) is 31.2 Å². The summed E-state index contributed by atoms with van der Waals surface area (Å²) in [7, 11) is 0. The number of carbonyl (C=O) groups is 1. The summed E-state index contributed by atoms with van der Waals surface area (Å²) in [6.45, 7) is 2.02. The van der Waals surface area contributed by atoms with Crippen molar-refractivity contribution in [2.75, 3.05) is 5.75 Å². The number of hydrogen-bond donors (Lipinski definition) is 1. The van der Waals surface area contributed by atoms with Gasteiger partial charge in [-0.1, -0.05) is 17.7 Å². The van der Waals surface area contributed by atoms with Crippen molar-refractivity contribution >= 4 is 35.2 Å². The molecule has 104 valence electrons. The highest BCUT2D eigenvalue weighted by Crippen LogP contribution is 2.17. The molecule has 1 aromatic heterocycles. The lowest BCUT2D eigenvalue weighted by molar-refractivity contribution is -0.118. The van der Waals surface area contributed by atoms with Crippen molar-refractivity contribution in [3.05, 3.63) is 52.0 Å². The maximum absolute atomic E-state index is 12.7. The van der Waals surface area contributed by atoms with Crippen molar-refractivity contribution in [3.8, 4) is 0 Å². The standard InChI is InChI=1S/C14H13FN2OS2/c1-10-2-4-11(5-3-10)19-9-14(18)17-16-8-12-6-7-13(15)20-12/h2-8H,9H2,1H3,(H,17,18)/b16-8-. The molecule has 0 fully saturated rings. The average molecular weight is 308 g/mol. The predicted octanol–water partition coefficient (Wildman–Crippen LogP) is 3.44. The smallest absolute Gasteiger partial charge is 0.250 e. The molecule has 0 radical (unpaired) electrons. The van der Waals surface area contributed by atoms with Gasteiger partial charge in [-0.3, -0.25) is 4.79 Å². The molecule has 1 N–H and O–H groups in total. The Morgan fingerprint density at radius 3 is 2.75 bits per heavy atom. The lowest BCUT2D eigenvalue weighted by Gasteiger charge is -2.01. The monoisotopic (exact) mass is 308 g/mol. The second kappa shape index (κ2) is 7.21. The molecule has 0 unspecified atom stereocenters. The van der Waals surface area contributed by atoms with Gasteiger partial charge in [-0.25, -0.2) is 5.43 Å². The molecule has 1 amide bonds. The molecule has 20 heavy (non-hydrogen) atoms. The summed E-state index contributed by atoms with van der Waals surface area (Å²) in [6, 6.07) is 10.9. The zero-order chi connectivity index (χ0) is 14.4. The molecule has 1 heterocycles. The van der Waals surface area contributed by atoms with Crippen molar-refractivity contribution in [2.45, 2.75) is 11.8 Å². The van der Waals surface area contributed by atoms with Crippen LogP contribution in [0.15, 0.2) is 46.4 Å². The fourth-order valence-corrected chi connectivity index (χ4v) is 2.67. The summed E-state index contributed by atoms with van der Waals surface area (Å²) in [6.07, 6.45) is 1.43. The number of hydrogen-bond acceptors (Lipinski definition) is 4. The van der Waals surface area contributed by atoms with E-state index in [1.165, 1.54) is 29.6 Å². The summed E-state index contributed by atoms with van der Waals surface area (Å²) in [4.78, 5) is 13.3. The third kappa shape index (κ3) is 4.79. The van der Waals surface area contributed by atoms with Crippen molar-refractivity contribution < 1.29 is 9.18 Å². The minimum Gasteiger partial charge on any atom is -0.272 e. The van der Waals surface area contributed by atoms with E-state index >= 15 is 0 Å². The number of nitrogens with zero attached hydrogens (tertiary/aromatic N) is 1.